The number of hydrogen-bond acceptors (Lipinski definition) is 2. The van der Waals surface area contributed by atoms with Crippen LogP contribution in [0.3, 0.4) is 0 Å². The van der Waals surface area contributed by atoms with Crippen molar-refractivity contribution in [3.63, 3.8) is 0 Å². The molecule has 124 valence electrons. The number of ketones is 1. The molecule has 8 atom stereocenters. The van der Waals surface area contributed by atoms with Crippen molar-refractivity contribution in [3.8, 4) is 0 Å². The number of aliphatic hydroxyl groups excluding tert-OH is 1. The zero-order valence-electron chi connectivity index (χ0n) is 13.9. The Morgan fingerprint density at radius 1 is 1.14 bits per heavy atom. The van der Waals surface area contributed by atoms with Gasteiger partial charge in [0.1, 0.15) is 12.0 Å². The van der Waals surface area contributed by atoms with Crippen molar-refractivity contribution in [2.75, 3.05) is 0 Å². The fraction of sp³-hybridized carbons (Fsp3) is 0.947. The van der Waals surface area contributed by atoms with E-state index in [0.29, 0.717) is 30.5 Å². The number of hydrogen-bond donors (Lipinski definition) is 1. The Bertz CT molecular complexity index is 492. The van der Waals surface area contributed by atoms with Gasteiger partial charge in [0.25, 0.3) is 0 Å². The van der Waals surface area contributed by atoms with Crippen LogP contribution in [0.5, 0.6) is 0 Å². The first-order valence-corrected chi connectivity index (χ1v) is 9.23. The lowest BCUT2D eigenvalue weighted by Crippen LogP contribution is -2.57. The molecule has 4 saturated carbocycles. The molecular formula is C19H29FO2. The zero-order chi connectivity index (χ0) is 15.7. The molecule has 0 spiro atoms. The fourth-order valence-corrected chi connectivity index (χ4v) is 7.06. The first-order valence-electron chi connectivity index (χ1n) is 9.23. The van der Waals surface area contributed by atoms with E-state index in [1.54, 1.807) is 0 Å². The standard InChI is InChI=1S/C19H29FO2/c1-18-8-4-3-5-11(18)6-7-12-13-9-14(20)17(22)19(13,2)10-15(21)16(12)18/h11-14,16-17,22H,3-10H2,1-2H3/t11?,12-,13-,14-,16+,17-,18-,19-/m0/s1. The molecule has 0 aromatic rings. The largest absolute Gasteiger partial charge is 0.390 e. The van der Waals surface area contributed by atoms with Crippen LogP contribution in [-0.4, -0.2) is 23.2 Å². The van der Waals surface area contributed by atoms with Gasteiger partial charge >= 0.3 is 0 Å². The second kappa shape index (κ2) is 4.78. The van der Waals surface area contributed by atoms with E-state index >= 15 is 0 Å². The molecule has 4 aliphatic carbocycles. The zero-order valence-corrected chi connectivity index (χ0v) is 13.9. The Labute approximate surface area is 132 Å². The number of alkyl halides is 1. The van der Waals surface area contributed by atoms with Crippen molar-refractivity contribution in [1.82, 2.24) is 0 Å². The summed E-state index contributed by atoms with van der Waals surface area (Å²) in [6, 6.07) is 0. The predicted molar refractivity (Wildman–Crippen MR) is 83.0 cm³/mol. The fourth-order valence-electron chi connectivity index (χ4n) is 7.06. The number of Topliss-reactive ketones (excluding diaryl/α,β-unsaturated/α-hetero) is 1. The van der Waals surface area contributed by atoms with E-state index in [4.69, 9.17) is 0 Å². The van der Waals surface area contributed by atoms with Gasteiger partial charge in [0.05, 0.1) is 6.10 Å². The topological polar surface area (TPSA) is 37.3 Å². The van der Waals surface area contributed by atoms with Crippen molar-refractivity contribution >= 4 is 5.78 Å². The Kier molecular flexibility index (Phi) is 3.28. The molecule has 0 heterocycles. The average molecular weight is 308 g/mol. The lowest BCUT2D eigenvalue weighted by molar-refractivity contribution is -0.160. The van der Waals surface area contributed by atoms with Crippen LogP contribution in [0.15, 0.2) is 0 Å². The summed E-state index contributed by atoms with van der Waals surface area (Å²) in [4.78, 5) is 13.1. The highest BCUT2D eigenvalue weighted by atomic mass is 19.1. The van der Waals surface area contributed by atoms with Crippen molar-refractivity contribution in [1.29, 1.82) is 0 Å². The predicted octanol–water partition coefficient (Wildman–Crippen LogP) is 3.91. The van der Waals surface area contributed by atoms with Gasteiger partial charge in [-0.3, -0.25) is 4.79 Å². The summed E-state index contributed by atoms with van der Waals surface area (Å²) in [5.41, 5.74) is -0.380. The van der Waals surface area contributed by atoms with Gasteiger partial charge in [0.15, 0.2) is 0 Å². The molecule has 0 bridgehead atoms. The SMILES string of the molecule is C[C@]12CC(=O)[C@H]3[C@@H](CCC4CCCC[C@@]43C)[C@@H]1C[C@H](F)[C@@H]2O. The van der Waals surface area contributed by atoms with E-state index in [1.807, 2.05) is 6.92 Å². The number of carbonyl (C=O) groups is 1. The van der Waals surface area contributed by atoms with Gasteiger partial charge in [-0.15, -0.1) is 0 Å². The summed E-state index contributed by atoms with van der Waals surface area (Å²) in [7, 11) is 0. The number of fused-ring (bicyclic) bond motifs is 5. The molecule has 0 saturated heterocycles. The van der Waals surface area contributed by atoms with Crippen LogP contribution < -0.4 is 0 Å². The average Bonchev–Trinajstić information content (AvgIpc) is 2.70. The van der Waals surface area contributed by atoms with Crippen LogP contribution in [0.4, 0.5) is 4.39 Å². The third-order valence-corrected chi connectivity index (χ3v) is 8.20. The lowest BCUT2D eigenvalue weighted by atomic mass is 9.45. The van der Waals surface area contributed by atoms with Gasteiger partial charge in [0, 0.05) is 17.8 Å². The highest BCUT2D eigenvalue weighted by molar-refractivity contribution is 5.84. The Morgan fingerprint density at radius 3 is 2.68 bits per heavy atom. The third kappa shape index (κ3) is 1.78. The van der Waals surface area contributed by atoms with Crippen LogP contribution in [0.1, 0.15) is 65.2 Å². The minimum Gasteiger partial charge on any atom is -0.390 e. The van der Waals surface area contributed by atoms with Gasteiger partial charge in [-0.2, -0.15) is 0 Å². The van der Waals surface area contributed by atoms with Crippen LogP contribution in [0.25, 0.3) is 0 Å². The maximum Gasteiger partial charge on any atom is 0.137 e. The molecule has 4 fully saturated rings. The van der Waals surface area contributed by atoms with Crippen molar-refractivity contribution in [2.24, 2.45) is 34.5 Å². The molecule has 0 aliphatic heterocycles. The highest BCUT2D eigenvalue weighted by Gasteiger charge is 2.64. The smallest absolute Gasteiger partial charge is 0.137 e. The first-order chi connectivity index (χ1) is 10.4. The van der Waals surface area contributed by atoms with E-state index < -0.39 is 17.7 Å². The molecule has 22 heavy (non-hydrogen) atoms. The van der Waals surface area contributed by atoms with Gasteiger partial charge < -0.3 is 5.11 Å². The van der Waals surface area contributed by atoms with Gasteiger partial charge in [-0.05, 0) is 55.3 Å². The van der Waals surface area contributed by atoms with E-state index in [-0.39, 0.29) is 17.3 Å². The van der Waals surface area contributed by atoms with E-state index in [2.05, 4.69) is 6.92 Å². The van der Waals surface area contributed by atoms with Gasteiger partial charge in [0.2, 0.25) is 0 Å². The maximum atomic E-state index is 14.2. The first kappa shape index (κ1) is 15.1. The van der Waals surface area contributed by atoms with Crippen LogP contribution in [0.2, 0.25) is 0 Å². The Balaban J connectivity index is 1.72. The second-order valence-corrected chi connectivity index (χ2v) is 9.12. The minimum atomic E-state index is -1.14. The van der Waals surface area contributed by atoms with Crippen LogP contribution in [-0.2, 0) is 4.79 Å². The molecule has 0 aromatic heterocycles. The number of halogens is 1. The normalized spacial score (nSPS) is 57.9. The monoisotopic (exact) mass is 308 g/mol. The minimum absolute atomic E-state index is 0.127. The van der Waals surface area contributed by atoms with E-state index in [9.17, 15) is 14.3 Å². The summed E-state index contributed by atoms with van der Waals surface area (Å²) in [5.74, 6) is 1.64. The molecule has 4 aliphatic rings. The molecule has 1 N–H and O–H groups in total. The summed E-state index contributed by atoms with van der Waals surface area (Å²) in [5, 5.41) is 10.3. The number of rotatable bonds is 0. The Morgan fingerprint density at radius 2 is 1.91 bits per heavy atom. The number of carbonyl (C=O) groups excluding carboxylic acids is 1. The molecule has 4 rings (SSSR count). The summed E-state index contributed by atoms with van der Waals surface area (Å²) < 4.78 is 14.2. The van der Waals surface area contributed by atoms with Crippen LogP contribution >= 0.6 is 0 Å². The van der Waals surface area contributed by atoms with Crippen molar-refractivity contribution in [2.45, 2.75) is 77.5 Å². The van der Waals surface area contributed by atoms with Gasteiger partial charge in [-0.1, -0.05) is 26.7 Å². The van der Waals surface area contributed by atoms with Crippen molar-refractivity contribution < 1.29 is 14.3 Å². The van der Waals surface area contributed by atoms with E-state index in [0.717, 1.165) is 12.8 Å². The maximum absolute atomic E-state index is 14.2. The molecule has 0 amide bonds. The molecule has 2 nitrogen and oxygen atoms in total. The summed E-state index contributed by atoms with van der Waals surface area (Å²) >= 11 is 0. The molecule has 3 heteroatoms. The molecule has 0 aromatic carbocycles. The third-order valence-electron chi connectivity index (χ3n) is 8.20. The lowest BCUT2D eigenvalue weighted by Gasteiger charge is -2.59. The Hall–Kier alpha value is -0.440. The summed E-state index contributed by atoms with van der Waals surface area (Å²) in [6.07, 6.45) is 6.01. The molecular weight excluding hydrogens is 279 g/mol. The van der Waals surface area contributed by atoms with Crippen LogP contribution in [0, 0.1) is 34.5 Å². The second-order valence-electron chi connectivity index (χ2n) is 9.12. The highest BCUT2D eigenvalue weighted by Crippen LogP contribution is 2.65. The molecule has 0 radical (unpaired) electrons. The van der Waals surface area contributed by atoms with E-state index in [1.165, 1.54) is 25.7 Å². The van der Waals surface area contributed by atoms with Crippen molar-refractivity contribution in [3.05, 3.63) is 0 Å². The van der Waals surface area contributed by atoms with Gasteiger partial charge in [-0.25, -0.2) is 4.39 Å². The number of aliphatic hydroxyl groups is 1. The summed E-state index contributed by atoms with van der Waals surface area (Å²) in [6.45, 7) is 4.30. The quantitative estimate of drug-likeness (QED) is 0.737. The molecule has 1 unspecified atom stereocenters.